The van der Waals surface area contributed by atoms with Crippen LogP contribution in [0.3, 0.4) is 0 Å². The number of hydrogen-bond acceptors (Lipinski definition) is 4. The van der Waals surface area contributed by atoms with Crippen LogP contribution >= 0.6 is 11.3 Å². The number of thiazole rings is 1. The fourth-order valence-electron chi connectivity index (χ4n) is 1.80. The van der Waals surface area contributed by atoms with Gasteiger partial charge in [0, 0.05) is 30.6 Å². The van der Waals surface area contributed by atoms with Crippen molar-refractivity contribution in [2.75, 3.05) is 13.1 Å². The molecule has 0 saturated heterocycles. The van der Waals surface area contributed by atoms with E-state index in [1.807, 2.05) is 6.08 Å². The topological polar surface area (TPSA) is 28.2 Å². The van der Waals surface area contributed by atoms with E-state index in [1.165, 1.54) is 5.01 Å². The van der Waals surface area contributed by atoms with Crippen molar-refractivity contribution in [3.8, 4) is 0 Å². The first-order valence-corrected chi connectivity index (χ1v) is 7.85. The average Bonchev–Trinajstić information content (AvgIpc) is 2.76. The molecule has 0 spiro atoms. The SMILES string of the molecule is C=CCN(Cc1csc(CNCCC)n1)C(C)(C)C. The van der Waals surface area contributed by atoms with Crippen LogP contribution in [0.25, 0.3) is 0 Å². The Morgan fingerprint density at radius 1 is 1.47 bits per heavy atom. The van der Waals surface area contributed by atoms with E-state index < -0.39 is 0 Å². The van der Waals surface area contributed by atoms with Crippen molar-refractivity contribution in [1.29, 1.82) is 0 Å². The zero-order chi connectivity index (χ0) is 14.3. The number of hydrogen-bond donors (Lipinski definition) is 1. The quantitative estimate of drug-likeness (QED) is 0.584. The fourth-order valence-corrected chi connectivity index (χ4v) is 2.56. The molecular weight excluding hydrogens is 254 g/mol. The Kier molecular flexibility index (Phi) is 6.69. The summed E-state index contributed by atoms with van der Waals surface area (Å²) in [6.45, 7) is 16.4. The maximum absolute atomic E-state index is 4.70. The first-order chi connectivity index (χ1) is 8.97. The van der Waals surface area contributed by atoms with Gasteiger partial charge in [-0.25, -0.2) is 4.98 Å². The third kappa shape index (κ3) is 5.85. The highest BCUT2D eigenvalue weighted by atomic mass is 32.1. The summed E-state index contributed by atoms with van der Waals surface area (Å²) in [4.78, 5) is 7.08. The Morgan fingerprint density at radius 3 is 2.79 bits per heavy atom. The summed E-state index contributed by atoms with van der Waals surface area (Å²) in [7, 11) is 0. The highest BCUT2D eigenvalue weighted by molar-refractivity contribution is 7.09. The van der Waals surface area contributed by atoms with Crippen LogP contribution in [0.15, 0.2) is 18.0 Å². The van der Waals surface area contributed by atoms with E-state index in [4.69, 9.17) is 4.98 Å². The van der Waals surface area contributed by atoms with Gasteiger partial charge in [-0.05, 0) is 33.7 Å². The molecule has 0 aliphatic carbocycles. The molecule has 0 atom stereocenters. The van der Waals surface area contributed by atoms with Crippen molar-refractivity contribution >= 4 is 11.3 Å². The van der Waals surface area contributed by atoms with Crippen molar-refractivity contribution in [2.24, 2.45) is 0 Å². The summed E-state index contributed by atoms with van der Waals surface area (Å²) >= 11 is 1.74. The summed E-state index contributed by atoms with van der Waals surface area (Å²) in [5.41, 5.74) is 1.30. The maximum atomic E-state index is 4.70. The number of nitrogens with one attached hydrogen (secondary N) is 1. The second kappa shape index (κ2) is 7.78. The minimum Gasteiger partial charge on any atom is -0.310 e. The molecular formula is C15H27N3S. The van der Waals surface area contributed by atoms with Gasteiger partial charge in [0.25, 0.3) is 0 Å². The van der Waals surface area contributed by atoms with Gasteiger partial charge in [0.15, 0.2) is 0 Å². The Morgan fingerprint density at radius 2 is 2.21 bits per heavy atom. The third-order valence-electron chi connectivity index (χ3n) is 2.95. The second-order valence-corrected chi connectivity index (χ2v) is 6.69. The van der Waals surface area contributed by atoms with E-state index in [2.05, 4.69) is 49.9 Å². The lowest BCUT2D eigenvalue weighted by Crippen LogP contribution is -2.40. The molecule has 0 unspecified atom stereocenters. The lowest BCUT2D eigenvalue weighted by atomic mass is 10.1. The van der Waals surface area contributed by atoms with Gasteiger partial charge in [-0.15, -0.1) is 17.9 Å². The monoisotopic (exact) mass is 281 g/mol. The van der Waals surface area contributed by atoms with Gasteiger partial charge in [0.05, 0.1) is 5.69 Å². The molecule has 108 valence electrons. The van der Waals surface area contributed by atoms with Crippen molar-refractivity contribution < 1.29 is 0 Å². The smallest absolute Gasteiger partial charge is 0.107 e. The summed E-state index contributed by atoms with van der Waals surface area (Å²) in [5, 5.41) is 6.74. The van der Waals surface area contributed by atoms with Gasteiger partial charge in [0.2, 0.25) is 0 Å². The number of nitrogens with zero attached hydrogens (tertiary/aromatic N) is 2. The van der Waals surface area contributed by atoms with Crippen molar-refractivity contribution in [3.63, 3.8) is 0 Å². The van der Waals surface area contributed by atoms with Crippen LogP contribution in [-0.4, -0.2) is 28.5 Å². The standard InChI is InChI=1S/C15H27N3S/c1-6-8-16-10-14-17-13(12-19-14)11-18(9-7-2)15(3,4)5/h7,12,16H,2,6,8-11H2,1,3-5H3. The van der Waals surface area contributed by atoms with E-state index in [-0.39, 0.29) is 5.54 Å². The van der Waals surface area contributed by atoms with Crippen molar-refractivity contribution in [2.45, 2.75) is 52.7 Å². The summed E-state index contributed by atoms with van der Waals surface area (Å²) < 4.78 is 0. The molecule has 1 rings (SSSR count). The Hall–Kier alpha value is -0.710. The number of aromatic nitrogens is 1. The predicted octanol–water partition coefficient (Wildman–Crippen LogP) is 3.43. The summed E-state index contributed by atoms with van der Waals surface area (Å²) in [6, 6.07) is 0. The molecule has 0 aliphatic heterocycles. The number of rotatable bonds is 8. The van der Waals surface area contributed by atoms with Crippen molar-refractivity contribution in [3.05, 3.63) is 28.7 Å². The van der Waals surface area contributed by atoms with Crippen LogP contribution < -0.4 is 5.32 Å². The molecule has 0 fully saturated rings. The molecule has 0 amide bonds. The third-order valence-corrected chi connectivity index (χ3v) is 3.85. The van der Waals surface area contributed by atoms with Crippen LogP contribution in [0, 0.1) is 0 Å². The van der Waals surface area contributed by atoms with Gasteiger partial charge in [0.1, 0.15) is 5.01 Å². The summed E-state index contributed by atoms with van der Waals surface area (Å²) in [5.74, 6) is 0. The van der Waals surface area contributed by atoms with Gasteiger partial charge < -0.3 is 5.32 Å². The molecule has 1 aromatic heterocycles. The molecule has 1 N–H and O–H groups in total. The van der Waals surface area contributed by atoms with Crippen LogP contribution in [0.1, 0.15) is 44.8 Å². The molecule has 19 heavy (non-hydrogen) atoms. The highest BCUT2D eigenvalue weighted by Crippen LogP contribution is 2.18. The van der Waals surface area contributed by atoms with E-state index in [0.717, 1.165) is 38.3 Å². The first kappa shape index (κ1) is 16.3. The summed E-state index contributed by atoms with van der Waals surface area (Å²) in [6.07, 6.45) is 3.12. The van der Waals surface area contributed by atoms with Crippen LogP contribution in [-0.2, 0) is 13.1 Å². The van der Waals surface area contributed by atoms with Gasteiger partial charge in [-0.3, -0.25) is 4.90 Å². The highest BCUT2D eigenvalue weighted by Gasteiger charge is 2.20. The van der Waals surface area contributed by atoms with Gasteiger partial charge in [-0.2, -0.15) is 0 Å². The zero-order valence-corrected chi connectivity index (χ0v) is 13.5. The van der Waals surface area contributed by atoms with Gasteiger partial charge >= 0.3 is 0 Å². The Balaban J connectivity index is 2.57. The molecule has 0 saturated carbocycles. The maximum Gasteiger partial charge on any atom is 0.107 e. The largest absolute Gasteiger partial charge is 0.310 e. The molecule has 0 aliphatic rings. The molecule has 1 aromatic rings. The lowest BCUT2D eigenvalue weighted by Gasteiger charge is -2.34. The van der Waals surface area contributed by atoms with E-state index in [0.29, 0.717) is 0 Å². The molecule has 1 heterocycles. The van der Waals surface area contributed by atoms with Crippen molar-refractivity contribution in [1.82, 2.24) is 15.2 Å². The predicted molar refractivity (Wildman–Crippen MR) is 84.5 cm³/mol. The first-order valence-electron chi connectivity index (χ1n) is 6.97. The molecule has 0 radical (unpaired) electrons. The average molecular weight is 281 g/mol. The molecule has 0 aromatic carbocycles. The van der Waals surface area contributed by atoms with Crippen LogP contribution in [0.2, 0.25) is 0 Å². The van der Waals surface area contributed by atoms with Crippen LogP contribution in [0.4, 0.5) is 0 Å². The van der Waals surface area contributed by atoms with E-state index >= 15 is 0 Å². The normalized spacial score (nSPS) is 12.1. The molecule has 3 nitrogen and oxygen atoms in total. The van der Waals surface area contributed by atoms with Gasteiger partial charge in [-0.1, -0.05) is 13.0 Å². The Labute approximate surface area is 121 Å². The molecule has 4 heteroatoms. The molecule has 0 bridgehead atoms. The van der Waals surface area contributed by atoms with E-state index in [9.17, 15) is 0 Å². The Bertz CT molecular complexity index is 379. The minimum atomic E-state index is 0.137. The minimum absolute atomic E-state index is 0.137. The lowest BCUT2D eigenvalue weighted by molar-refractivity contribution is 0.144. The van der Waals surface area contributed by atoms with Crippen LogP contribution in [0.5, 0.6) is 0 Å². The fraction of sp³-hybridized carbons (Fsp3) is 0.667. The second-order valence-electron chi connectivity index (χ2n) is 5.75. The van der Waals surface area contributed by atoms with E-state index in [1.54, 1.807) is 11.3 Å². The zero-order valence-electron chi connectivity index (χ0n) is 12.7.